The van der Waals surface area contributed by atoms with Crippen LogP contribution in [0.4, 0.5) is 0 Å². The Morgan fingerprint density at radius 2 is 1.77 bits per heavy atom. The maximum atomic E-state index is 12.8. The molecule has 1 aromatic rings. The number of hydrogen-bond donors (Lipinski definition) is 1. The molecule has 0 saturated heterocycles. The molecule has 0 atom stereocenters. The van der Waals surface area contributed by atoms with Crippen molar-refractivity contribution in [3.8, 4) is 0 Å². The molecule has 0 unspecified atom stereocenters. The maximum Gasteiger partial charge on any atom is 0.242 e. The largest absolute Gasteiger partial charge is 0.242 e. The van der Waals surface area contributed by atoms with Crippen LogP contribution in [0.5, 0.6) is 0 Å². The molecule has 0 amide bonds. The fourth-order valence-corrected chi connectivity index (χ4v) is 4.93. The molecule has 1 aromatic carbocycles. The lowest BCUT2D eigenvalue weighted by atomic mass is 9.93. The topological polar surface area (TPSA) is 46.2 Å². The lowest BCUT2D eigenvalue weighted by Crippen LogP contribution is -2.41. The van der Waals surface area contributed by atoms with E-state index in [1.54, 1.807) is 6.07 Å². The summed E-state index contributed by atoms with van der Waals surface area (Å²) in [6, 6.07) is 3.82. The Morgan fingerprint density at radius 1 is 1.23 bits per heavy atom. The number of sulfonamides is 1. The summed E-state index contributed by atoms with van der Waals surface area (Å²) >= 11 is 6.41. The molecular formula is C17H26ClNO2S. The number of halogens is 1. The first-order chi connectivity index (χ1) is 9.86. The second-order valence-electron chi connectivity index (χ2n) is 7.95. The van der Waals surface area contributed by atoms with Crippen molar-refractivity contribution in [3.05, 3.63) is 28.3 Å². The smallest absolute Gasteiger partial charge is 0.207 e. The summed E-state index contributed by atoms with van der Waals surface area (Å²) in [5.74, 6) is 0.311. The van der Waals surface area contributed by atoms with Gasteiger partial charge in [0.25, 0.3) is 0 Å². The van der Waals surface area contributed by atoms with Crippen LogP contribution in [0.3, 0.4) is 0 Å². The molecule has 0 bridgehead atoms. The summed E-state index contributed by atoms with van der Waals surface area (Å²) in [7, 11) is -3.65. The molecular weight excluding hydrogens is 318 g/mol. The third-order valence-corrected chi connectivity index (χ3v) is 6.36. The summed E-state index contributed by atoms with van der Waals surface area (Å²) in [5.41, 5.74) is 1.33. The van der Waals surface area contributed by atoms with E-state index in [1.165, 1.54) is 0 Å². The van der Waals surface area contributed by atoms with Gasteiger partial charge in [0.05, 0.1) is 5.02 Å². The van der Waals surface area contributed by atoms with Crippen LogP contribution in [0.1, 0.15) is 71.4 Å². The number of hydrogen-bond acceptors (Lipinski definition) is 2. The van der Waals surface area contributed by atoms with Gasteiger partial charge in [0.1, 0.15) is 4.90 Å². The molecule has 5 heteroatoms. The fourth-order valence-electron chi connectivity index (χ4n) is 2.58. The van der Waals surface area contributed by atoms with E-state index in [4.69, 9.17) is 11.6 Å². The third kappa shape index (κ3) is 3.66. The van der Waals surface area contributed by atoms with Gasteiger partial charge < -0.3 is 0 Å². The SMILES string of the molecule is CC(C)c1cc(Cl)c(S(=O)(=O)NC(C)(C)C)c(C2(C)CC2)c1. The first-order valence-corrected chi connectivity index (χ1v) is 9.60. The highest BCUT2D eigenvalue weighted by atomic mass is 35.5. The van der Waals surface area contributed by atoms with Crippen molar-refractivity contribution in [2.75, 3.05) is 0 Å². The van der Waals surface area contributed by atoms with Crippen LogP contribution in [0.25, 0.3) is 0 Å². The van der Waals surface area contributed by atoms with Crippen LogP contribution < -0.4 is 4.72 Å². The number of rotatable bonds is 4. The molecule has 2 rings (SSSR count). The van der Waals surface area contributed by atoms with Crippen LogP contribution in [0.2, 0.25) is 5.02 Å². The molecule has 3 nitrogen and oxygen atoms in total. The lowest BCUT2D eigenvalue weighted by molar-refractivity contribution is 0.490. The van der Waals surface area contributed by atoms with Gasteiger partial charge in [-0.15, -0.1) is 0 Å². The van der Waals surface area contributed by atoms with Gasteiger partial charge in [-0.1, -0.05) is 38.4 Å². The van der Waals surface area contributed by atoms with Crippen molar-refractivity contribution < 1.29 is 8.42 Å². The van der Waals surface area contributed by atoms with Gasteiger partial charge in [-0.05, 0) is 62.1 Å². The Balaban J connectivity index is 2.65. The Bertz CT molecular complexity index is 683. The zero-order valence-electron chi connectivity index (χ0n) is 14.2. The molecule has 0 heterocycles. The molecule has 1 fully saturated rings. The van der Waals surface area contributed by atoms with E-state index in [-0.39, 0.29) is 10.3 Å². The molecule has 22 heavy (non-hydrogen) atoms. The average molecular weight is 344 g/mol. The molecule has 0 spiro atoms. The van der Waals surface area contributed by atoms with E-state index < -0.39 is 15.6 Å². The first-order valence-electron chi connectivity index (χ1n) is 7.74. The van der Waals surface area contributed by atoms with Gasteiger partial charge in [-0.3, -0.25) is 0 Å². The highest BCUT2D eigenvalue weighted by molar-refractivity contribution is 7.89. The minimum Gasteiger partial charge on any atom is -0.207 e. The van der Waals surface area contributed by atoms with Crippen molar-refractivity contribution in [2.24, 2.45) is 0 Å². The van der Waals surface area contributed by atoms with Gasteiger partial charge in [-0.25, -0.2) is 13.1 Å². The van der Waals surface area contributed by atoms with E-state index >= 15 is 0 Å². The molecule has 1 N–H and O–H groups in total. The summed E-state index contributed by atoms with van der Waals surface area (Å²) in [6.07, 6.45) is 2.01. The van der Waals surface area contributed by atoms with Crippen molar-refractivity contribution >= 4 is 21.6 Å². The quantitative estimate of drug-likeness (QED) is 0.868. The summed E-state index contributed by atoms with van der Waals surface area (Å²) in [5, 5.41) is 0.325. The van der Waals surface area contributed by atoms with Crippen molar-refractivity contribution in [3.63, 3.8) is 0 Å². The third-order valence-electron chi connectivity index (χ3n) is 4.09. The Morgan fingerprint density at radius 3 is 2.18 bits per heavy atom. The predicted octanol–water partition coefficient (Wildman–Crippen LogP) is 4.59. The highest BCUT2D eigenvalue weighted by Crippen LogP contribution is 2.51. The molecule has 0 aliphatic heterocycles. The lowest BCUT2D eigenvalue weighted by Gasteiger charge is -2.25. The first kappa shape index (κ1) is 17.8. The highest BCUT2D eigenvalue weighted by Gasteiger charge is 2.44. The van der Waals surface area contributed by atoms with Gasteiger partial charge in [-0.2, -0.15) is 0 Å². The van der Waals surface area contributed by atoms with E-state index in [1.807, 2.05) is 26.8 Å². The van der Waals surface area contributed by atoms with Crippen LogP contribution in [-0.4, -0.2) is 14.0 Å². The monoisotopic (exact) mass is 343 g/mol. The van der Waals surface area contributed by atoms with Crippen LogP contribution in [0.15, 0.2) is 17.0 Å². The Kier molecular flexibility index (Phi) is 4.44. The second-order valence-corrected chi connectivity index (χ2v) is 9.98. The van der Waals surface area contributed by atoms with Crippen LogP contribution in [0, 0.1) is 0 Å². The molecule has 0 radical (unpaired) electrons. The minimum atomic E-state index is -3.65. The van der Waals surface area contributed by atoms with Gasteiger partial charge in [0.15, 0.2) is 0 Å². The molecule has 0 aromatic heterocycles. The summed E-state index contributed by atoms with van der Waals surface area (Å²) in [4.78, 5) is 0.258. The van der Waals surface area contributed by atoms with E-state index in [0.29, 0.717) is 10.9 Å². The zero-order valence-corrected chi connectivity index (χ0v) is 15.8. The van der Waals surface area contributed by atoms with Crippen molar-refractivity contribution in [2.45, 2.75) is 76.2 Å². The van der Waals surface area contributed by atoms with Crippen LogP contribution >= 0.6 is 11.6 Å². The predicted molar refractivity (Wildman–Crippen MR) is 92.2 cm³/mol. The van der Waals surface area contributed by atoms with Crippen LogP contribution in [-0.2, 0) is 15.4 Å². The molecule has 124 valence electrons. The number of benzene rings is 1. The Labute approximate surface area is 139 Å². The van der Waals surface area contributed by atoms with Crippen molar-refractivity contribution in [1.82, 2.24) is 4.72 Å². The maximum absolute atomic E-state index is 12.8. The zero-order chi connectivity index (χ0) is 16.9. The molecule has 1 saturated carbocycles. The summed E-state index contributed by atoms with van der Waals surface area (Å²) < 4.78 is 28.4. The van der Waals surface area contributed by atoms with E-state index in [0.717, 1.165) is 24.0 Å². The Hall–Kier alpha value is -0.580. The number of nitrogens with one attached hydrogen (secondary N) is 1. The molecule has 1 aliphatic rings. The van der Waals surface area contributed by atoms with Gasteiger partial charge in [0.2, 0.25) is 10.0 Å². The molecule has 1 aliphatic carbocycles. The minimum absolute atomic E-state index is 0.0729. The van der Waals surface area contributed by atoms with E-state index in [9.17, 15) is 8.42 Å². The van der Waals surface area contributed by atoms with Gasteiger partial charge >= 0.3 is 0 Å². The normalized spacial score (nSPS) is 17.8. The standard InChI is InChI=1S/C17H26ClNO2S/c1-11(2)12-9-13(17(6)7-8-17)15(14(18)10-12)22(20,21)19-16(3,4)5/h9-11,19H,7-8H2,1-6H3. The van der Waals surface area contributed by atoms with Gasteiger partial charge in [0, 0.05) is 5.54 Å². The van der Waals surface area contributed by atoms with Crippen molar-refractivity contribution in [1.29, 1.82) is 0 Å². The summed E-state index contributed by atoms with van der Waals surface area (Å²) in [6.45, 7) is 11.8. The van der Waals surface area contributed by atoms with E-state index in [2.05, 4.69) is 25.5 Å². The fraction of sp³-hybridized carbons (Fsp3) is 0.647. The second kappa shape index (κ2) is 5.50. The average Bonchev–Trinajstić information content (AvgIpc) is 3.03.